The van der Waals surface area contributed by atoms with Gasteiger partial charge in [-0.15, -0.1) is 11.3 Å². The predicted octanol–water partition coefficient (Wildman–Crippen LogP) is 4.59. The molecule has 1 heterocycles. The van der Waals surface area contributed by atoms with Gasteiger partial charge in [-0.3, -0.25) is 4.79 Å². The van der Waals surface area contributed by atoms with E-state index in [4.69, 9.17) is 4.74 Å². The minimum Gasteiger partial charge on any atom is -0.497 e. The van der Waals surface area contributed by atoms with Gasteiger partial charge in [-0.2, -0.15) is 0 Å². The highest BCUT2D eigenvalue weighted by Gasteiger charge is 2.09. The number of methoxy groups -OCH3 is 1. The standard InChI is InChI=1S/C20H18F2N2O2S/c1-26-15-4-2-3-13(9-15)6-8-19(25)24-20-23-12-16(27-20)10-14-5-7-17(21)18(22)11-14/h2-5,7,9,11-12H,6,8,10H2,1H3,(H,23,24,25). The number of anilines is 1. The number of aromatic nitrogens is 1. The second-order valence-corrected chi connectivity index (χ2v) is 7.07. The SMILES string of the molecule is COc1cccc(CCC(=O)Nc2ncc(Cc3ccc(F)c(F)c3)s2)c1. The van der Waals surface area contributed by atoms with E-state index in [1.807, 2.05) is 24.3 Å². The minimum atomic E-state index is -0.872. The minimum absolute atomic E-state index is 0.133. The van der Waals surface area contributed by atoms with Gasteiger partial charge < -0.3 is 10.1 Å². The highest BCUT2D eigenvalue weighted by Crippen LogP contribution is 2.22. The van der Waals surface area contributed by atoms with Gasteiger partial charge in [0.1, 0.15) is 5.75 Å². The van der Waals surface area contributed by atoms with E-state index in [9.17, 15) is 13.6 Å². The summed E-state index contributed by atoms with van der Waals surface area (Å²) < 4.78 is 31.4. The summed E-state index contributed by atoms with van der Waals surface area (Å²) in [6.07, 6.45) is 2.97. The van der Waals surface area contributed by atoms with Gasteiger partial charge in [0.05, 0.1) is 7.11 Å². The largest absolute Gasteiger partial charge is 0.497 e. The highest BCUT2D eigenvalue weighted by atomic mass is 32.1. The van der Waals surface area contributed by atoms with E-state index in [1.54, 1.807) is 13.3 Å². The van der Waals surface area contributed by atoms with E-state index >= 15 is 0 Å². The molecule has 0 spiro atoms. The summed E-state index contributed by atoms with van der Waals surface area (Å²) in [5.41, 5.74) is 1.66. The highest BCUT2D eigenvalue weighted by molar-refractivity contribution is 7.15. The lowest BCUT2D eigenvalue weighted by atomic mass is 10.1. The number of rotatable bonds is 7. The van der Waals surface area contributed by atoms with Crippen LogP contribution in [0.3, 0.4) is 0 Å². The number of ether oxygens (including phenoxy) is 1. The number of carbonyl (C=O) groups excluding carboxylic acids is 1. The first-order valence-electron chi connectivity index (χ1n) is 8.35. The lowest BCUT2D eigenvalue weighted by molar-refractivity contribution is -0.116. The van der Waals surface area contributed by atoms with Crippen LogP contribution in [0.1, 0.15) is 22.4 Å². The molecule has 0 aliphatic carbocycles. The van der Waals surface area contributed by atoms with Crippen LogP contribution in [0, 0.1) is 11.6 Å². The van der Waals surface area contributed by atoms with Gasteiger partial charge in [0.2, 0.25) is 5.91 Å². The Balaban J connectivity index is 1.53. The summed E-state index contributed by atoms with van der Waals surface area (Å²) in [6, 6.07) is 11.4. The van der Waals surface area contributed by atoms with Crippen molar-refractivity contribution in [3.63, 3.8) is 0 Å². The molecule has 1 aromatic heterocycles. The molecule has 2 aromatic carbocycles. The zero-order valence-corrected chi connectivity index (χ0v) is 15.5. The number of aryl methyl sites for hydroxylation is 1. The van der Waals surface area contributed by atoms with E-state index < -0.39 is 11.6 Å². The van der Waals surface area contributed by atoms with Gasteiger partial charge in [-0.05, 0) is 41.8 Å². The van der Waals surface area contributed by atoms with Gasteiger partial charge in [0, 0.05) is 23.9 Å². The lowest BCUT2D eigenvalue weighted by Gasteiger charge is -2.04. The van der Waals surface area contributed by atoms with Crippen molar-refractivity contribution in [2.45, 2.75) is 19.3 Å². The van der Waals surface area contributed by atoms with Gasteiger partial charge in [0.25, 0.3) is 0 Å². The Kier molecular flexibility index (Phi) is 6.13. The van der Waals surface area contributed by atoms with Crippen LogP contribution in [-0.4, -0.2) is 18.0 Å². The Morgan fingerprint density at radius 2 is 2.00 bits per heavy atom. The van der Waals surface area contributed by atoms with Crippen LogP contribution in [0.2, 0.25) is 0 Å². The summed E-state index contributed by atoms with van der Waals surface area (Å²) in [5.74, 6) is -1.11. The number of amides is 1. The predicted molar refractivity (Wildman–Crippen MR) is 101 cm³/mol. The molecule has 27 heavy (non-hydrogen) atoms. The number of benzene rings is 2. The summed E-state index contributed by atoms with van der Waals surface area (Å²) in [5, 5.41) is 3.26. The lowest BCUT2D eigenvalue weighted by Crippen LogP contribution is -2.12. The molecule has 3 aromatic rings. The fourth-order valence-electron chi connectivity index (χ4n) is 2.57. The van der Waals surface area contributed by atoms with E-state index in [2.05, 4.69) is 10.3 Å². The van der Waals surface area contributed by atoms with Crippen molar-refractivity contribution in [3.8, 4) is 5.75 Å². The summed E-state index contributed by atoms with van der Waals surface area (Å²) in [6.45, 7) is 0. The second kappa shape index (κ2) is 8.73. The average Bonchev–Trinajstić information content (AvgIpc) is 3.10. The molecule has 0 atom stereocenters. The molecule has 3 rings (SSSR count). The molecule has 140 valence electrons. The molecule has 0 bridgehead atoms. The Labute approximate surface area is 159 Å². The van der Waals surface area contributed by atoms with Crippen LogP contribution in [0.4, 0.5) is 13.9 Å². The number of halogens is 2. The topological polar surface area (TPSA) is 51.2 Å². The fraction of sp³-hybridized carbons (Fsp3) is 0.200. The van der Waals surface area contributed by atoms with Crippen LogP contribution < -0.4 is 10.1 Å². The Morgan fingerprint density at radius 1 is 1.15 bits per heavy atom. The van der Waals surface area contributed by atoms with Crippen molar-refractivity contribution >= 4 is 22.4 Å². The first-order chi connectivity index (χ1) is 13.0. The summed E-state index contributed by atoms with van der Waals surface area (Å²) >= 11 is 1.31. The van der Waals surface area contributed by atoms with E-state index in [1.165, 1.54) is 23.5 Å². The quantitative estimate of drug-likeness (QED) is 0.644. The van der Waals surface area contributed by atoms with Crippen molar-refractivity contribution in [2.75, 3.05) is 12.4 Å². The van der Waals surface area contributed by atoms with Gasteiger partial charge in [0.15, 0.2) is 16.8 Å². The molecule has 4 nitrogen and oxygen atoms in total. The number of hydrogen-bond acceptors (Lipinski definition) is 4. The molecule has 0 aliphatic heterocycles. The van der Waals surface area contributed by atoms with Crippen LogP contribution >= 0.6 is 11.3 Å². The van der Waals surface area contributed by atoms with Gasteiger partial charge in [-0.25, -0.2) is 13.8 Å². The van der Waals surface area contributed by atoms with E-state index in [0.29, 0.717) is 30.0 Å². The number of nitrogens with zero attached hydrogens (tertiary/aromatic N) is 1. The van der Waals surface area contributed by atoms with Crippen molar-refractivity contribution in [2.24, 2.45) is 0 Å². The smallest absolute Gasteiger partial charge is 0.226 e. The maximum Gasteiger partial charge on any atom is 0.226 e. The maximum absolute atomic E-state index is 13.3. The molecule has 1 amide bonds. The first kappa shape index (κ1) is 19.0. The third-order valence-corrected chi connectivity index (χ3v) is 4.85. The zero-order valence-electron chi connectivity index (χ0n) is 14.7. The van der Waals surface area contributed by atoms with Crippen LogP contribution in [0.15, 0.2) is 48.7 Å². The number of nitrogens with one attached hydrogen (secondary N) is 1. The Bertz CT molecular complexity index is 943. The average molecular weight is 388 g/mol. The van der Waals surface area contributed by atoms with Crippen LogP contribution in [0.5, 0.6) is 5.75 Å². The first-order valence-corrected chi connectivity index (χ1v) is 9.16. The van der Waals surface area contributed by atoms with Gasteiger partial charge in [-0.1, -0.05) is 18.2 Å². The number of hydrogen-bond donors (Lipinski definition) is 1. The third-order valence-electron chi connectivity index (χ3n) is 3.94. The normalized spacial score (nSPS) is 10.6. The van der Waals surface area contributed by atoms with Crippen LogP contribution in [0.25, 0.3) is 0 Å². The van der Waals surface area contributed by atoms with E-state index in [-0.39, 0.29) is 5.91 Å². The van der Waals surface area contributed by atoms with Crippen molar-refractivity contribution in [1.29, 1.82) is 0 Å². The van der Waals surface area contributed by atoms with Gasteiger partial charge >= 0.3 is 0 Å². The van der Waals surface area contributed by atoms with E-state index in [0.717, 1.165) is 22.3 Å². The number of carbonyl (C=O) groups is 1. The second-order valence-electron chi connectivity index (χ2n) is 5.96. The molecular weight excluding hydrogens is 370 g/mol. The molecule has 0 saturated carbocycles. The molecule has 7 heteroatoms. The third kappa shape index (κ3) is 5.34. The Morgan fingerprint density at radius 3 is 2.78 bits per heavy atom. The van der Waals surface area contributed by atoms with Crippen LogP contribution in [-0.2, 0) is 17.6 Å². The van der Waals surface area contributed by atoms with Crippen molar-refractivity contribution < 1.29 is 18.3 Å². The Hall–Kier alpha value is -2.80. The maximum atomic E-state index is 13.3. The molecular formula is C20H18F2N2O2S. The molecule has 0 aliphatic rings. The molecule has 0 radical (unpaired) electrons. The molecule has 1 N–H and O–H groups in total. The zero-order chi connectivity index (χ0) is 19.2. The van der Waals surface area contributed by atoms with Crippen molar-refractivity contribution in [1.82, 2.24) is 4.98 Å². The molecule has 0 fully saturated rings. The number of thiazole rings is 1. The molecule has 0 saturated heterocycles. The fourth-order valence-corrected chi connectivity index (χ4v) is 3.43. The summed E-state index contributed by atoms with van der Waals surface area (Å²) in [4.78, 5) is 17.1. The monoisotopic (exact) mass is 388 g/mol. The molecule has 0 unspecified atom stereocenters. The van der Waals surface area contributed by atoms with Crippen molar-refractivity contribution in [3.05, 3.63) is 76.3 Å². The summed E-state index contributed by atoms with van der Waals surface area (Å²) in [7, 11) is 1.60.